The minimum atomic E-state index is -3.96. The van der Waals surface area contributed by atoms with E-state index in [1.165, 1.54) is 6.07 Å². The molecule has 3 aromatic carbocycles. The number of para-hydroxylation sites is 1. The van der Waals surface area contributed by atoms with E-state index < -0.39 is 27.5 Å². The summed E-state index contributed by atoms with van der Waals surface area (Å²) >= 11 is 0. The highest BCUT2D eigenvalue weighted by Crippen LogP contribution is 2.34. The number of anilines is 1. The van der Waals surface area contributed by atoms with Gasteiger partial charge in [0, 0.05) is 35.3 Å². The molecule has 1 amide bonds. The molecule has 10 heteroatoms. The quantitative estimate of drug-likeness (QED) is 0.310. The van der Waals surface area contributed by atoms with Crippen LogP contribution in [0.5, 0.6) is 0 Å². The zero-order chi connectivity index (χ0) is 28.1. The molecule has 2 aromatic heterocycles. The summed E-state index contributed by atoms with van der Waals surface area (Å²) in [5.41, 5.74) is 9.39. The molecule has 0 spiro atoms. The van der Waals surface area contributed by atoms with Gasteiger partial charge in [-0.2, -0.15) is 5.10 Å². The monoisotopic (exact) mass is 544 g/mol. The first-order valence-corrected chi connectivity index (χ1v) is 14.0. The summed E-state index contributed by atoms with van der Waals surface area (Å²) in [6.45, 7) is 5.49. The summed E-state index contributed by atoms with van der Waals surface area (Å²) in [6.07, 6.45) is 1.90. The Morgan fingerprint density at radius 1 is 1.13 bits per heavy atom. The molecule has 0 unspecified atom stereocenters. The van der Waals surface area contributed by atoms with Crippen LogP contribution in [0.15, 0.2) is 74.9 Å². The molecule has 0 saturated carbocycles. The second kappa shape index (κ2) is 9.70. The number of hydrogen-bond acceptors (Lipinski definition) is 7. The van der Waals surface area contributed by atoms with Crippen molar-refractivity contribution in [2.45, 2.75) is 31.7 Å². The SMILES string of the molecule is Cc1cc([C@@H](C)Nc2ccccc2S(=O)(=O)CC(N)=O)c2oc(-c3ccc4nn(C)cc4c3)c(C)c(=O)c2c1. The van der Waals surface area contributed by atoms with Crippen molar-refractivity contribution in [1.29, 1.82) is 0 Å². The number of fused-ring (bicyclic) bond motifs is 2. The Morgan fingerprint density at radius 2 is 1.87 bits per heavy atom. The fourth-order valence-electron chi connectivity index (χ4n) is 4.89. The third-order valence-electron chi connectivity index (χ3n) is 6.67. The number of aryl methyl sites for hydroxylation is 2. The first kappa shape index (κ1) is 26.2. The van der Waals surface area contributed by atoms with Gasteiger partial charge in [-0.05, 0) is 62.7 Å². The maximum absolute atomic E-state index is 13.5. The van der Waals surface area contributed by atoms with Gasteiger partial charge in [0.05, 0.1) is 27.5 Å². The van der Waals surface area contributed by atoms with E-state index in [0.29, 0.717) is 33.5 Å². The molecule has 0 aliphatic rings. The van der Waals surface area contributed by atoms with Gasteiger partial charge in [0.15, 0.2) is 15.3 Å². The average Bonchev–Trinajstić information content (AvgIpc) is 3.24. The fourth-order valence-corrected chi connectivity index (χ4v) is 6.17. The summed E-state index contributed by atoms with van der Waals surface area (Å²) in [5.74, 6) is -1.27. The Labute approximate surface area is 225 Å². The molecule has 200 valence electrons. The minimum Gasteiger partial charge on any atom is -0.455 e. The minimum absolute atomic E-state index is 0.0321. The molecular weight excluding hydrogens is 516 g/mol. The van der Waals surface area contributed by atoms with E-state index >= 15 is 0 Å². The number of hydrogen-bond donors (Lipinski definition) is 2. The second-order valence-electron chi connectivity index (χ2n) is 9.78. The zero-order valence-corrected chi connectivity index (χ0v) is 22.8. The topological polar surface area (TPSA) is 137 Å². The molecule has 0 bridgehead atoms. The standard InChI is InChI=1S/C29H28N4O5S/c1-16-11-21(18(3)31-24-7-5-6-8-25(24)39(36,37)15-26(30)34)29-22(12-16)27(35)17(2)28(38-29)19-9-10-23-20(13-19)14-33(4)32-23/h5-14,18,31H,15H2,1-4H3,(H2,30,34)/t18-/m1/s1. The molecule has 2 heterocycles. The van der Waals surface area contributed by atoms with Gasteiger partial charge in [-0.25, -0.2) is 8.42 Å². The number of nitrogens with two attached hydrogens (primary N) is 1. The van der Waals surface area contributed by atoms with Gasteiger partial charge in [0.2, 0.25) is 5.91 Å². The van der Waals surface area contributed by atoms with Gasteiger partial charge in [-0.3, -0.25) is 14.3 Å². The van der Waals surface area contributed by atoms with E-state index in [0.717, 1.165) is 22.0 Å². The van der Waals surface area contributed by atoms with Gasteiger partial charge >= 0.3 is 0 Å². The molecule has 0 radical (unpaired) electrons. The molecule has 1 atom stereocenters. The predicted octanol–water partition coefficient (Wildman–Crippen LogP) is 4.40. The maximum Gasteiger partial charge on any atom is 0.233 e. The van der Waals surface area contributed by atoms with Crippen LogP contribution in [0.2, 0.25) is 0 Å². The lowest BCUT2D eigenvalue weighted by Gasteiger charge is -2.20. The van der Waals surface area contributed by atoms with Crippen molar-refractivity contribution in [3.8, 4) is 11.3 Å². The number of primary amides is 1. The van der Waals surface area contributed by atoms with Crippen LogP contribution < -0.4 is 16.5 Å². The van der Waals surface area contributed by atoms with Crippen LogP contribution in [0.3, 0.4) is 0 Å². The zero-order valence-electron chi connectivity index (χ0n) is 22.0. The number of benzene rings is 3. The smallest absolute Gasteiger partial charge is 0.233 e. The van der Waals surface area contributed by atoms with Crippen LogP contribution in [-0.2, 0) is 21.7 Å². The predicted molar refractivity (Wildman–Crippen MR) is 151 cm³/mol. The number of nitrogens with zero attached hydrogens (tertiary/aromatic N) is 2. The number of sulfone groups is 1. The highest BCUT2D eigenvalue weighted by molar-refractivity contribution is 7.92. The normalized spacial score (nSPS) is 12.6. The molecule has 0 aliphatic carbocycles. The summed E-state index contributed by atoms with van der Waals surface area (Å²) in [6, 6.07) is 15.3. The number of carbonyl (C=O) groups is 1. The Bertz CT molecular complexity index is 1940. The molecule has 9 nitrogen and oxygen atoms in total. The lowest BCUT2D eigenvalue weighted by atomic mass is 9.98. The van der Waals surface area contributed by atoms with Crippen molar-refractivity contribution in [2.75, 3.05) is 11.1 Å². The van der Waals surface area contributed by atoms with Crippen LogP contribution in [-0.4, -0.2) is 29.9 Å². The molecule has 0 fully saturated rings. The molecule has 5 aromatic rings. The van der Waals surface area contributed by atoms with E-state index in [1.807, 2.05) is 51.4 Å². The Balaban J connectivity index is 1.64. The first-order chi connectivity index (χ1) is 18.4. The number of nitrogens with one attached hydrogen (secondary N) is 1. The summed E-state index contributed by atoms with van der Waals surface area (Å²) in [5, 5.41) is 9.02. The van der Waals surface area contributed by atoms with Gasteiger partial charge < -0.3 is 15.5 Å². The molecule has 3 N–H and O–H groups in total. The van der Waals surface area contributed by atoms with E-state index in [4.69, 9.17) is 10.2 Å². The van der Waals surface area contributed by atoms with Gasteiger partial charge in [-0.15, -0.1) is 0 Å². The van der Waals surface area contributed by atoms with E-state index in [9.17, 15) is 18.0 Å². The second-order valence-corrected chi connectivity index (χ2v) is 11.7. The van der Waals surface area contributed by atoms with Crippen LogP contribution in [0.25, 0.3) is 33.2 Å². The van der Waals surface area contributed by atoms with Crippen LogP contribution >= 0.6 is 0 Å². The van der Waals surface area contributed by atoms with Gasteiger partial charge in [-0.1, -0.05) is 18.2 Å². The number of rotatable bonds is 7. The van der Waals surface area contributed by atoms with Gasteiger partial charge in [0.1, 0.15) is 17.1 Å². The van der Waals surface area contributed by atoms with E-state index in [2.05, 4.69) is 10.4 Å². The third kappa shape index (κ3) is 4.90. The number of amides is 1. The van der Waals surface area contributed by atoms with Crippen molar-refractivity contribution >= 4 is 43.3 Å². The van der Waals surface area contributed by atoms with Crippen LogP contribution in [0.4, 0.5) is 5.69 Å². The molecular formula is C29H28N4O5S. The molecule has 39 heavy (non-hydrogen) atoms. The van der Waals surface area contributed by atoms with E-state index in [-0.39, 0.29) is 10.3 Å². The third-order valence-corrected chi connectivity index (χ3v) is 8.36. The fraction of sp³-hybridized carbons (Fsp3) is 0.207. The number of carbonyl (C=O) groups excluding carboxylic acids is 1. The van der Waals surface area contributed by atoms with Crippen molar-refractivity contribution in [2.24, 2.45) is 12.8 Å². The maximum atomic E-state index is 13.5. The largest absolute Gasteiger partial charge is 0.455 e. The summed E-state index contributed by atoms with van der Waals surface area (Å²) < 4.78 is 33.8. The Hall–Kier alpha value is -4.44. The number of aromatic nitrogens is 2. The first-order valence-electron chi connectivity index (χ1n) is 12.3. The van der Waals surface area contributed by atoms with Crippen molar-refractivity contribution in [3.63, 3.8) is 0 Å². The highest BCUT2D eigenvalue weighted by atomic mass is 32.2. The van der Waals surface area contributed by atoms with Crippen molar-refractivity contribution in [1.82, 2.24) is 9.78 Å². The molecule has 0 aliphatic heterocycles. The Kier molecular flexibility index (Phi) is 6.51. The lowest BCUT2D eigenvalue weighted by Crippen LogP contribution is -2.24. The lowest BCUT2D eigenvalue weighted by molar-refractivity contribution is -0.115. The summed E-state index contributed by atoms with van der Waals surface area (Å²) in [4.78, 5) is 24.9. The van der Waals surface area contributed by atoms with Crippen molar-refractivity contribution in [3.05, 3.63) is 87.7 Å². The van der Waals surface area contributed by atoms with E-state index in [1.54, 1.807) is 35.9 Å². The highest BCUT2D eigenvalue weighted by Gasteiger charge is 2.24. The van der Waals surface area contributed by atoms with Crippen molar-refractivity contribution < 1.29 is 17.6 Å². The van der Waals surface area contributed by atoms with Gasteiger partial charge in [0.25, 0.3) is 0 Å². The average molecular weight is 545 g/mol. The van der Waals surface area contributed by atoms with Crippen LogP contribution in [0, 0.1) is 13.8 Å². The van der Waals surface area contributed by atoms with Crippen LogP contribution in [0.1, 0.15) is 29.7 Å². The summed E-state index contributed by atoms with van der Waals surface area (Å²) in [7, 11) is -2.11. The Morgan fingerprint density at radius 3 is 2.62 bits per heavy atom. The molecule has 0 saturated heterocycles. The molecule has 5 rings (SSSR count).